The van der Waals surface area contributed by atoms with Gasteiger partial charge in [-0.2, -0.15) is 0 Å². The first-order chi connectivity index (χ1) is 10.6. The van der Waals surface area contributed by atoms with E-state index in [1.807, 2.05) is 13.8 Å². The predicted octanol–water partition coefficient (Wildman–Crippen LogP) is 6.52. The highest BCUT2D eigenvalue weighted by molar-refractivity contribution is 5.71. The highest BCUT2D eigenvalue weighted by atomic mass is 16.5. The second kappa shape index (κ2) is 15.4. The van der Waals surface area contributed by atoms with E-state index < -0.39 is 0 Å². The monoisotopic (exact) mass is 312 g/mol. The summed E-state index contributed by atoms with van der Waals surface area (Å²) in [5.74, 6) is 0.893. The van der Waals surface area contributed by atoms with Crippen molar-refractivity contribution in [1.82, 2.24) is 0 Å². The molecule has 0 aromatic rings. The molecule has 0 radical (unpaired) electrons. The minimum Gasteiger partial charge on any atom is -0.465 e. The molecule has 0 aliphatic heterocycles. The van der Waals surface area contributed by atoms with E-state index in [-0.39, 0.29) is 11.9 Å². The van der Waals surface area contributed by atoms with Crippen LogP contribution in [0.15, 0.2) is 0 Å². The average Bonchev–Trinajstić information content (AvgIpc) is 2.50. The lowest BCUT2D eigenvalue weighted by molar-refractivity contribution is -0.148. The molecule has 0 saturated carbocycles. The van der Waals surface area contributed by atoms with Gasteiger partial charge in [-0.1, -0.05) is 91.9 Å². The van der Waals surface area contributed by atoms with Crippen molar-refractivity contribution in [3.8, 4) is 0 Å². The van der Waals surface area contributed by atoms with Gasteiger partial charge in [0.2, 0.25) is 0 Å². The van der Waals surface area contributed by atoms with E-state index in [1.165, 1.54) is 64.2 Å². The largest absolute Gasteiger partial charge is 0.465 e. The predicted molar refractivity (Wildman–Crippen MR) is 96.0 cm³/mol. The van der Waals surface area contributed by atoms with Crippen molar-refractivity contribution in [3.63, 3.8) is 0 Å². The normalized spacial score (nSPS) is 12.6. The number of rotatable bonds is 15. The van der Waals surface area contributed by atoms with Crippen LogP contribution in [0.1, 0.15) is 105 Å². The molecule has 0 amide bonds. The van der Waals surface area contributed by atoms with Gasteiger partial charge in [-0.05, 0) is 18.8 Å². The fraction of sp³-hybridized carbons (Fsp3) is 0.950. The Morgan fingerprint density at radius 1 is 0.773 bits per heavy atom. The zero-order valence-corrected chi connectivity index (χ0v) is 15.7. The number of esters is 1. The Bertz CT molecular complexity index is 248. The van der Waals surface area contributed by atoms with Crippen LogP contribution in [-0.2, 0) is 9.53 Å². The molecule has 0 rings (SSSR count). The SMILES string of the molecule is CCC(C)C(=O)OCCCCCCCCCCCCC(C)C. The third-order valence-corrected chi connectivity index (χ3v) is 4.43. The van der Waals surface area contributed by atoms with Crippen LogP contribution in [0, 0.1) is 11.8 Å². The van der Waals surface area contributed by atoms with Crippen LogP contribution < -0.4 is 0 Å². The number of unbranched alkanes of at least 4 members (excludes halogenated alkanes) is 9. The third kappa shape index (κ3) is 14.4. The van der Waals surface area contributed by atoms with Gasteiger partial charge in [-0.15, -0.1) is 0 Å². The Balaban J connectivity index is 3.13. The summed E-state index contributed by atoms with van der Waals surface area (Å²) in [6.45, 7) is 9.19. The molecule has 1 unspecified atom stereocenters. The molecule has 0 bridgehead atoms. The Kier molecular flexibility index (Phi) is 15.0. The van der Waals surface area contributed by atoms with Gasteiger partial charge < -0.3 is 4.74 Å². The van der Waals surface area contributed by atoms with Gasteiger partial charge in [-0.25, -0.2) is 0 Å². The lowest BCUT2D eigenvalue weighted by atomic mass is 10.0. The number of carbonyl (C=O) groups is 1. The Hall–Kier alpha value is -0.530. The molecule has 0 aliphatic carbocycles. The summed E-state index contributed by atoms with van der Waals surface area (Å²) in [6, 6.07) is 0. The Labute approximate surface area is 139 Å². The van der Waals surface area contributed by atoms with Crippen LogP contribution in [0.2, 0.25) is 0 Å². The first kappa shape index (κ1) is 21.5. The fourth-order valence-electron chi connectivity index (χ4n) is 2.55. The molecular weight excluding hydrogens is 272 g/mol. The van der Waals surface area contributed by atoms with E-state index in [9.17, 15) is 4.79 Å². The number of hydrogen-bond donors (Lipinski definition) is 0. The van der Waals surface area contributed by atoms with E-state index in [2.05, 4.69) is 13.8 Å². The highest BCUT2D eigenvalue weighted by Crippen LogP contribution is 2.13. The number of ether oxygens (including phenoxy) is 1. The molecule has 0 aromatic carbocycles. The second-order valence-electron chi connectivity index (χ2n) is 7.19. The molecule has 2 nitrogen and oxygen atoms in total. The first-order valence-corrected chi connectivity index (χ1v) is 9.74. The van der Waals surface area contributed by atoms with Crippen LogP contribution in [0.5, 0.6) is 0 Å². The molecular formula is C20H40O2. The zero-order valence-electron chi connectivity index (χ0n) is 15.7. The summed E-state index contributed by atoms with van der Waals surface area (Å²) in [6.07, 6.45) is 15.5. The molecule has 0 spiro atoms. The number of hydrogen-bond acceptors (Lipinski definition) is 2. The zero-order chi connectivity index (χ0) is 16.6. The van der Waals surface area contributed by atoms with Gasteiger partial charge in [0.05, 0.1) is 12.5 Å². The van der Waals surface area contributed by atoms with E-state index in [0.29, 0.717) is 6.61 Å². The lowest BCUT2D eigenvalue weighted by Gasteiger charge is -2.09. The van der Waals surface area contributed by atoms with Crippen LogP contribution in [0.3, 0.4) is 0 Å². The van der Waals surface area contributed by atoms with Crippen LogP contribution >= 0.6 is 0 Å². The van der Waals surface area contributed by atoms with Gasteiger partial charge >= 0.3 is 5.97 Å². The van der Waals surface area contributed by atoms with Crippen molar-refractivity contribution >= 4 is 5.97 Å². The lowest BCUT2D eigenvalue weighted by Crippen LogP contribution is -2.14. The molecule has 0 N–H and O–H groups in total. The molecule has 0 heterocycles. The van der Waals surface area contributed by atoms with Crippen LogP contribution in [0.25, 0.3) is 0 Å². The summed E-state index contributed by atoms with van der Waals surface area (Å²) in [5.41, 5.74) is 0. The molecule has 22 heavy (non-hydrogen) atoms. The van der Waals surface area contributed by atoms with Gasteiger partial charge in [0.15, 0.2) is 0 Å². The average molecular weight is 313 g/mol. The quantitative estimate of drug-likeness (QED) is 0.254. The maximum absolute atomic E-state index is 11.5. The van der Waals surface area contributed by atoms with Crippen molar-refractivity contribution in [1.29, 1.82) is 0 Å². The molecule has 0 aromatic heterocycles. The van der Waals surface area contributed by atoms with Crippen molar-refractivity contribution in [2.45, 2.75) is 105 Å². The van der Waals surface area contributed by atoms with Crippen LogP contribution in [0.4, 0.5) is 0 Å². The van der Waals surface area contributed by atoms with Crippen LogP contribution in [-0.4, -0.2) is 12.6 Å². The van der Waals surface area contributed by atoms with E-state index in [0.717, 1.165) is 18.8 Å². The molecule has 2 heteroatoms. The Morgan fingerprint density at radius 3 is 1.68 bits per heavy atom. The van der Waals surface area contributed by atoms with Gasteiger partial charge in [0.25, 0.3) is 0 Å². The molecule has 0 saturated heterocycles. The maximum atomic E-state index is 11.5. The van der Waals surface area contributed by atoms with Crippen molar-refractivity contribution < 1.29 is 9.53 Å². The summed E-state index contributed by atoms with van der Waals surface area (Å²) >= 11 is 0. The minimum absolute atomic E-state index is 0.0278. The molecule has 0 aliphatic rings. The summed E-state index contributed by atoms with van der Waals surface area (Å²) in [5, 5.41) is 0. The van der Waals surface area contributed by atoms with Crippen molar-refractivity contribution in [2.75, 3.05) is 6.61 Å². The number of carbonyl (C=O) groups excluding carboxylic acids is 1. The fourth-order valence-corrected chi connectivity index (χ4v) is 2.55. The van der Waals surface area contributed by atoms with Crippen molar-refractivity contribution in [2.24, 2.45) is 11.8 Å². The third-order valence-electron chi connectivity index (χ3n) is 4.43. The van der Waals surface area contributed by atoms with E-state index in [1.54, 1.807) is 0 Å². The van der Waals surface area contributed by atoms with Crippen molar-refractivity contribution in [3.05, 3.63) is 0 Å². The first-order valence-electron chi connectivity index (χ1n) is 9.74. The highest BCUT2D eigenvalue weighted by Gasteiger charge is 2.10. The second-order valence-corrected chi connectivity index (χ2v) is 7.19. The van der Waals surface area contributed by atoms with Gasteiger partial charge in [0.1, 0.15) is 0 Å². The summed E-state index contributed by atoms with van der Waals surface area (Å²) < 4.78 is 5.26. The molecule has 1 atom stereocenters. The van der Waals surface area contributed by atoms with E-state index >= 15 is 0 Å². The van der Waals surface area contributed by atoms with Gasteiger partial charge in [-0.3, -0.25) is 4.79 Å². The maximum Gasteiger partial charge on any atom is 0.308 e. The smallest absolute Gasteiger partial charge is 0.308 e. The topological polar surface area (TPSA) is 26.3 Å². The Morgan fingerprint density at radius 2 is 1.23 bits per heavy atom. The molecule has 132 valence electrons. The summed E-state index contributed by atoms with van der Waals surface area (Å²) in [4.78, 5) is 11.5. The van der Waals surface area contributed by atoms with E-state index in [4.69, 9.17) is 4.74 Å². The van der Waals surface area contributed by atoms with Gasteiger partial charge in [0, 0.05) is 0 Å². The summed E-state index contributed by atoms with van der Waals surface area (Å²) in [7, 11) is 0. The molecule has 0 fully saturated rings. The standard InChI is InChI=1S/C20H40O2/c1-5-19(4)20(21)22-17-15-13-11-9-7-6-8-10-12-14-16-18(2)3/h18-19H,5-17H2,1-4H3. The minimum atomic E-state index is -0.0278.